The number of hydrogen-bond acceptors (Lipinski definition) is 5. The standard InChI is InChI=1S/C6H9N3O2S/c10-3-1-2-7-6(11)5-4-8-9-12-5/h4,10H,1-3H2,(H,7,11). The molecule has 66 valence electrons. The van der Waals surface area contributed by atoms with Crippen molar-refractivity contribution in [2.75, 3.05) is 13.2 Å². The third kappa shape index (κ3) is 2.55. The Kier molecular flexibility index (Phi) is 3.62. The SMILES string of the molecule is O=C(NCCCO)c1cnns1. The quantitative estimate of drug-likeness (QED) is 0.632. The number of nitrogens with one attached hydrogen (secondary N) is 1. The lowest BCUT2D eigenvalue weighted by Gasteiger charge is -1.99. The molecule has 12 heavy (non-hydrogen) atoms. The van der Waals surface area contributed by atoms with Gasteiger partial charge in [-0.3, -0.25) is 4.79 Å². The lowest BCUT2D eigenvalue weighted by molar-refractivity contribution is 0.0955. The summed E-state index contributed by atoms with van der Waals surface area (Å²) in [5, 5.41) is 14.6. The maximum atomic E-state index is 11.1. The summed E-state index contributed by atoms with van der Waals surface area (Å²) < 4.78 is 3.55. The zero-order valence-electron chi connectivity index (χ0n) is 6.36. The number of aromatic nitrogens is 2. The van der Waals surface area contributed by atoms with Gasteiger partial charge >= 0.3 is 0 Å². The maximum absolute atomic E-state index is 11.1. The lowest BCUT2D eigenvalue weighted by Crippen LogP contribution is -2.24. The fourth-order valence-corrected chi connectivity index (χ4v) is 1.07. The van der Waals surface area contributed by atoms with Crippen molar-refractivity contribution in [2.45, 2.75) is 6.42 Å². The first-order valence-electron chi connectivity index (χ1n) is 3.51. The fraction of sp³-hybridized carbons (Fsp3) is 0.500. The summed E-state index contributed by atoms with van der Waals surface area (Å²) in [6.07, 6.45) is 1.98. The Morgan fingerprint density at radius 3 is 3.17 bits per heavy atom. The zero-order valence-corrected chi connectivity index (χ0v) is 7.17. The summed E-state index contributed by atoms with van der Waals surface area (Å²) in [4.78, 5) is 11.6. The van der Waals surface area contributed by atoms with Crippen molar-refractivity contribution < 1.29 is 9.90 Å². The number of amides is 1. The molecule has 0 aliphatic rings. The molecule has 0 saturated heterocycles. The second-order valence-corrected chi connectivity index (χ2v) is 2.90. The second-order valence-electron chi connectivity index (χ2n) is 2.11. The summed E-state index contributed by atoms with van der Waals surface area (Å²) in [7, 11) is 0. The predicted octanol–water partition coefficient (Wildman–Crippen LogP) is -0.350. The molecule has 0 atom stereocenters. The topological polar surface area (TPSA) is 75.1 Å². The Morgan fingerprint density at radius 1 is 1.75 bits per heavy atom. The summed E-state index contributed by atoms with van der Waals surface area (Å²) in [6, 6.07) is 0. The van der Waals surface area contributed by atoms with Crippen LogP contribution >= 0.6 is 11.5 Å². The lowest BCUT2D eigenvalue weighted by atomic mass is 10.4. The molecule has 0 aliphatic carbocycles. The van der Waals surface area contributed by atoms with Crippen LogP contribution in [0.2, 0.25) is 0 Å². The van der Waals surface area contributed by atoms with Crippen molar-refractivity contribution in [1.82, 2.24) is 14.9 Å². The van der Waals surface area contributed by atoms with Crippen molar-refractivity contribution >= 4 is 17.4 Å². The van der Waals surface area contributed by atoms with E-state index in [-0.39, 0.29) is 12.5 Å². The minimum atomic E-state index is -0.182. The van der Waals surface area contributed by atoms with Gasteiger partial charge in [0, 0.05) is 13.2 Å². The second kappa shape index (κ2) is 4.78. The van der Waals surface area contributed by atoms with E-state index < -0.39 is 0 Å². The van der Waals surface area contributed by atoms with Crippen LogP contribution in [-0.4, -0.2) is 33.8 Å². The van der Waals surface area contributed by atoms with Crippen LogP contribution in [0.3, 0.4) is 0 Å². The van der Waals surface area contributed by atoms with Crippen LogP contribution in [0.4, 0.5) is 0 Å². The van der Waals surface area contributed by atoms with Gasteiger partial charge in [0.1, 0.15) is 4.88 Å². The van der Waals surface area contributed by atoms with E-state index in [4.69, 9.17) is 5.11 Å². The van der Waals surface area contributed by atoms with E-state index in [1.165, 1.54) is 6.20 Å². The molecule has 0 aromatic carbocycles. The van der Waals surface area contributed by atoms with Gasteiger partial charge in [-0.25, -0.2) is 0 Å². The predicted molar refractivity (Wildman–Crippen MR) is 43.9 cm³/mol. The molecular weight excluding hydrogens is 178 g/mol. The van der Waals surface area contributed by atoms with Crippen LogP contribution in [0.1, 0.15) is 16.1 Å². The van der Waals surface area contributed by atoms with E-state index in [1.807, 2.05) is 0 Å². The van der Waals surface area contributed by atoms with Gasteiger partial charge in [-0.15, -0.1) is 5.10 Å². The minimum absolute atomic E-state index is 0.0845. The summed E-state index contributed by atoms with van der Waals surface area (Å²) >= 11 is 1.05. The van der Waals surface area contributed by atoms with Gasteiger partial charge in [0.15, 0.2) is 0 Å². The van der Waals surface area contributed by atoms with Gasteiger partial charge in [0.05, 0.1) is 6.20 Å². The van der Waals surface area contributed by atoms with Crippen LogP contribution in [-0.2, 0) is 0 Å². The van der Waals surface area contributed by atoms with Crippen molar-refractivity contribution in [3.05, 3.63) is 11.1 Å². The highest BCUT2D eigenvalue weighted by atomic mass is 32.1. The molecule has 0 bridgehead atoms. The molecule has 0 spiro atoms. The third-order valence-electron chi connectivity index (χ3n) is 1.21. The fourth-order valence-electron chi connectivity index (χ4n) is 0.635. The first kappa shape index (κ1) is 9.08. The average molecular weight is 187 g/mol. The van der Waals surface area contributed by atoms with Crippen LogP contribution in [0.25, 0.3) is 0 Å². The molecule has 2 N–H and O–H groups in total. The largest absolute Gasteiger partial charge is 0.396 e. The molecule has 1 heterocycles. The molecule has 0 saturated carbocycles. The molecule has 0 radical (unpaired) electrons. The van der Waals surface area contributed by atoms with Gasteiger partial charge < -0.3 is 10.4 Å². The van der Waals surface area contributed by atoms with Crippen LogP contribution in [0.15, 0.2) is 6.20 Å². The Labute approximate surface area is 73.6 Å². The van der Waals surface area contributed by atoms with Gasteiger partial charge in [0.2, 0.25) is 0 Å². The Morgan fingerprint density at radius 2 is 2.58 bits per heavy atom. The van der Waals surface area contributed by atoms with Crippen molar-refractivity contribution in [3.8, 4) is 0 Å². The molecule has 1 aromatic heterocycles. The normalized spacial score (nSPS) is 9.75. The van der Waals surface area contributed by atoms with Crippen LogP contribution < -0.4 is 5.32 Å². The summed E-state index contributed by atoms with van der Waals surface area (Å²) in [5.41, 5.74) is 0. The van der Waals surface area contributed by atoms with Gasteiger partial charge in [-0.1, -0.05) is 4.49 Å². The molecule has 0 aliphatic heterocycles. The molecule has 5 nitrogen and oxygen atoms in total. The molecule has 1 aromatic rings. The van der Waals surface area contributed by atoms with Crippen molar-refractivity contribution in [2.24, 2.45) is 0 Å². The number of hydrogen-bond donors (Lipinski definition) is 2. The van der Waals surface area contributed by atoms with Crippen LogP contribution in [0.5, 0.6) is 0 Å². The number of aliphatic hydroxyl groups excluding tert-OH is 1. The van der Waals surface area contributed by atoms with E-state index in [2.05, 4.69) is 14.9 Å². The monoisotopic (exact) mass is 187 g/mol. The molecular formula is C6H9N3O2S. The smallest absolute Gasteiger partial charge is 0.264 e. The molecule has 1 rings (SSSR count). The summed E-state index contributed by atoms with van der Waals surface area (Å²) in [6.45, 7) is 0.564. The van der Waals surface area contributed by atoms with Gasteiger partial charge in [-0.05, 0) is 18.0 Å². The van der Waals surface area contributed by atoms with Gasteiger partial charge in [-0.2, -0.15) is 0 Å². The number of carbonyl (C=O) groups excluding carboxylic acids is 1. The van der Waals surface area contributed by atoms with Crippen molar-refractivity contribution in [1.29, 1.82) is 0 Å². The Balaban J connectivity index is 2.30. The van der Waals surface area contributed by atoms with Crippen molar-refractivity contribution in [3.63, 3.8) is 0 Å². The number of aliphatic hydroxyl groups is 1. The Hall–Kier alpha value is -1.01. The molecule has 0 unspecified atom stereocenters. The zero-order chi connectivity index (χ0) is 8.81. The van der Waals surface area contributed by atoms with E-state index in [0.29, 0.717) is 17.8 Å². The molecule has 6 heteroatoms. The summed E-state index contributed by atoms with van der Waals surface area (Å²) in [5.74, 6) is -0.182. The van der Waals surface area contributed by atoms with Crippen LogP contribution in [0, 0.1) is 0 Å². The highest BCUT2D eigenvalue weighted by molar-refractivity contribution is 7.07. The first-order valence-corrected chi connectivity index (χ1v) is 4.28. The van der Waals surface area contributed by atoms with E-state index >= 15 is 0 Å². The number of nitrogens with zero attached hydrogens (tertiary/aromatic N) is 2. The first-order chi connectivity index (χ1) is 5.84. The highest BCUT2D eigenvalue weighted by Gasteiger charge is 2.05. The number of rotatable bonds is 4. The molecule has 0 fully saturated rings. The maximum Gasteiger partial charge on any atom is 0.264 e. The molecule has 1 amide bonds. The Bertz CT molecular complexity index is 237. The number of carbonyl (C=O) groups is 1. The minimum Gasteiger partial charge on any atom is -0.396 e. The van der Waals surface area contributed by atoms with E-state index in [9.17, 15) is 4.79 Å². The van der Waals surface area contributed by atoms with E-state index in [1.54, 1.807) is 0 Å². The third-order valence-corrected chi connectivity index (χ3v) is 1.87. The average Bonchev–Trinajstić information content (AvgIpc) is 2.56. The van der Waals surface area contributed by atoms with Gasteiger partial charge in [0.25, 0.3) is 5.91 Å². The van der Waals surface area contributed by atoms with E-state index in [0.717, 1.165) is 11.5 Å². The highest BCUT2D eigenvalue weighted by Crippen LogP contribution is 2.00.